The summed E-state index contributed by atoms with van der Waals surface area (Å²) in [6, 6.07) is 11.1. The summed E-state index contributed by atoms with van der Waals surface area (Å²) in [5.74, 6) is -1.26. The molecule has 4 aromatic rings. The highest BCUT2D eigenvalue weighted by Gasteiger charge is 2.43. The number of aryl methyl sites for hydroxylation is 1. The number of aromatic nitrogens is 2. The number of hydrogen-bond donors (Lipinski definition) is 1. The average Bonchev–Trinajstić information content (AvgIpc) is 3.88. The predicted octanol–water partition coefficient (Wildman–Crippen LogP) is 5.39. The molecule has 2 heterocycles. The Balaban J connectivity index is 1.52. The largest absolute Gasteiger partial charge is 0.496 e. The molecule has 2 aliphatic rings. The molecule has 6 rings (SSSR count). The highest BCUT2D eigenvalue weighted by atomic mass is 19.1. The molecule has 39 heavy (non-hydrogen) atoms. The molecular formula is C30H28F2N4O3. The van der Waals surface area contributed by atoms with E-state index in [4.69, 9.17) is 4.74 Å². The average molecular weight is 531 g/mol. The SMILES string of the molecule is CNC(=O)c1c(-c2ccc(F)cc2)nn2ccc(-c3cc(C(=O)N(C4CC4)C4CC4)c(OC)cc3C)c(F)c12. The number of rotatable bonds is 7. The lowest BCUT2D eigenvalue weighted by Gasteiger charge is -2.24. The molecule has 2 aliphatic carbocycles. The Morgan fingerprint density at radius 1 is 1.03 bits per heavy atom. The molecule has 0 saturated heterocycles. The number of hydrogen-bond acceptors (Lipinski definition) is 4. The van der Waals surface area contributed by atoms with Crippen molar-refractivity contribution in [2.45, 2.75) is 44.7 Å². The first-order valence-electron chi connectivity index (χ1n) is 13.0. The quantitative estimate of drug-likeness (QED) is 0.348. The Kier molecular flexibility index (Phi) is 6.09. The second-order valence-electron chi connectivity index (χ2n) is 10.2. The Labute approximate surface area is 224 Å². The molecule has 0 atom stereocenters. The maximum Gasteiger partial charge on any atom is 0.258 e. The molecular weight excluding hydrogens is 502 g/mol. The number of nitrogens with one attached hydrogen (secondary N) is 1. The first-order chi connectivity index (χ1) is 18.8. The summed E-state index contributed by atoms with van der Waals surface area (Å²) in [5.41, 5.74) is 2.62. The molecule has 1 N–H and O–H groups in total. The van der Waals surface area contributed by atoms with Gasteiger partial charge in [-0.3, -0.25) is 9.59 Å². The predicted molar refractivity (Wildman–Crippen MR) is 143 cm³/mol. The summed E-state index contributed by atoms with van der Waals surface area (Å²) in [4.78, 5) is 28.7. The van der Waals surface area contributed by atoms with E-state index < -0.39 is 17.5 Å². The van der Waals surface area contributed by atoms with E-state index in [1.807, 2.05) is 11.8 Å². The van der Waals surface area contributed by atoms with Crippen LogP contribution >= 0.6 is 0 Å². The van der Waals surface area contributed by atoms with Gasteiger partial charge in [-0.05, 0) is 86.2 Å². The van der Waals surface area contributed by atoms with Gasteiger partial charge in [-0.1, -0.05) is 0 Å². The molecule has 2 aromatic carbocycles. The Morgan fingerprint density at radius 2 is 1.69 bits per heavy atom. The molecule has 0 bridgehead atoms. The minimum atomic E-state index is -0.648. The van der Waals surface area contributed by atoms with Crippen molar-refractivity contribution in [3.63, 3.8) is 0 Å². The third-order valence-electron chi connectivity index (χ3n) is 7.49. The van der Waals surface area contributed by atoms with Crippen LogP contribution < -0.4 is 10.1 Å². The zero-order chi connectivity index (χ0) is 27.4. The zero-order valence-electron chi connectivity index (χ0n) is 21.9. The first kappa shape index (κ1) is 25.0. The number of fused-ring (bicyclic) bond motifs is 1. The van der Waals surface area contributed by atoms with Crippen LogP contribution in [0.5, 0.6) is 5.75 Å². The van der Waals surface area contributed by atoms with Crippen molar-refractivity contribution in [2.75, 3.05) is 14.2 Å². The van der Waals surface area contributed by atoms with E-state index in [9.17, 15) is 14.0 Å². The third kappa shape index (κ3) is 4.31. The Bertz CT molecular complexity index is 1610. The molecule has 2 saturated carbocycles. The van der Waals surface area contributed by atoms with E-state index in [0.717, 1.165) is 31.2 Å². The monoisotopic (exact) mass is 530 g/mol. The first-order valence-corrected chi connectivity index (χ1v) is 13.0. The van der Waals surface area contributed by atoms with Crippen molar-refractivity contribution in [1.82, 2.24) is 19.8 Å². The Morgan fingerprint density at radius 3 is 2.28 bits per heavy atom. The van der Waals surface area contributed by atoms with Crippen molar-refractivity contribution in [3.05, 3.63) is 77.0 Å². The van der Waals surface area contributed by atoms with E-state index in [2.05, 4.69) is 10.4 Å². The summed E-state index contributed by atoms with van der Waals surface area (Å²) < 4.78 is 36.9. The fourth-order valence-corrected chi connectivity index (χ4v) is 5.24. The van der Waals surface area contributed by atoms with Gasteiger partial charge in [0.15, 0.2) is 5.82 Å². The van der Waals surface area contributed by atoms with Crippen LogP contribution in [-0.4, -0.2) is 52.6 Å². The highest BCUT2D eigenvalue weighted by molar-refractivity contribution is 6.07. The van der Waals surface area contributed by atoms with Crippen LogP contribution in [0.25, 0.3) is 27.9 Å². The molecule has 0 unspecified atom stereocenters. The maximum absolute atomic E-state index is 16.4. The van der Waals surface area contributed by atoms with Gasteiger partial charge in [-0.2, -0.15) is 5.10 Å². The van der Waals surface area contributed by atoms with Crippen LogP contribution in [0.4, 0.5) is 8.78 Å². The number of carbonyl (C=O) groups excluding carboxylic acids is 2. The summed E-state index contributed by atoms with van der Waals surface area (Å²) in [5, 5.41) is 7.02. The number of amides is 2. The Hall–Kier alpha value is -4.27. The lowest BCUT2D eigenvalue weighted by Crippen LogP contribution is -2.35. The van der Waals surface area contributed by atoms with Gasteiger partial charge in [-0.25, -0.2) is 13.3 Å². The number of halogens is 2. The van der Waals surface area contributed by atoms with Crippen LogP contribution in [0.2, 0.25) is 0 Å². The standard InChI is InChI=1S/C30H28F2N4O3/c1-16-14-24(39-3)23(30(38)36(19-8-9-19)20-10-11-20)15-22(16)21-12-13-35-28(26(21)32)25(29(37)33-2)27(34-35)17-4-6-18(31)7-5-17/h4-7,12-15,19-20H,8-11H2,1-3H3,(H,33,37). The number of ether oxygens (including phenoxy) is 1. The van der Waals surface area contributed by atoms with E-state index in [-0.39, 0.29) is 40.3 Å². The molecule has 0 aliphatic heterocycles. The molecule has 9 heteroatoms. The molecule has 0 spiro atoms. The van der Waals surface area contributed by atoms with Crippen LogP contribution in [0.3, 0.4) is 0 Å². The van der Waals surface area contributed by atoms with Gasteiger partial charge >= 0.3 is 0 Å². The summed E-state index contributed by atoms with van der Waals surface area (Å²) in [6.45, 7) is 1.83. The third-order valence-corrected chi connectivity index (χ3v) is 7.49. The van der Waals surface area contributed by atoms with E-state index in [0.29, 0.717) is 22.4 Å². The van der Waals surface area contributed by atoms with Crippen LogP contribution in [0.1, 0.15) is 52.0 Å². The van der Waals surface area contributed by atoms with Crippen LogP contribution in [0.15, 0.2) is 48.7 Å². The van der Waals surface area contributed by atoms with Gasteiger partial charge < -0.3 is 15.0 Å². The summed E-state index contributed by atoms with van der Waals surface area (Å²) in [7, 11) is 2.98. The van der Waals surface area contributed by atoms with Gasteiger partial charge in [0, 0.05) is 36.5 Å². The second kappa shape index (κ2) is 9.48. The number of nitrogens with zero attached hydrogens (tertiary/aromatic N) is 3. The van der Waals surface area contributed by atoms with Gasteiger partial charge in [-0.15, -0.1) is 0 Å². The van der Waals surface area contributed by atoms with Gasteiger partial charge in [0.05, 0.1) is 18.2 Å². The summed E-state index contributed by atoms with van der Waals surface area (Å²) in [6.07, 6.45) is 5.56. The van der Waals surface area contributed by atoms with Gasteiger partial charge in [0.1, 0.15) is 22.8 Å². The molecule has 7 nitrogen and oxygen atoms in total. The topological polar surface area (TPSA) is 75.9 Å². The minimum absolute atomic E-state index is 0.00754. The highest BCUT2D eigenvalue weighted by Crippen LogP contribution is 2.41. The summed E-state index contributed by atoms with van der Waals surface area (Å²) >= 11 is 0. The van der Waals surface area contributed by atoms with E-state index in [1.54, 1.807) is 24.4 Å². The van der Waals surface area contributed by atoms with Crippen molar-refractivity contribution in [2.24, 2.45) is 0 Å². The number of benzene rings is 2. The second-order valence-corrected chi connectivity index (χ2v) is 10.2. The van der Waals surface area contributed by atoms with Crippen molar-refractivity contribution < 1.29 is 23.1 Å². The molecule has 2 aromatic heterocycles. The molecule has 2 fully saturated rings. The lowest BCUT2D eigenvalue weighted by atomic mass is 9.95. The molecule has 2 amide bonds. The lowest BCUT2D eigenvalue weighted by molar-refractivity contribution is 0.0726. The van der Waals surface area contributed by atoms with Crippen molar-refractivity contribution in [3.8, 4) is 28.1 Å². The number of carbonyl (C=O) groups is 2. The molecule has 0 radical (unpaired) electrons. The van der Waals surface area contributed by atoms with Crippen LogP contribution in [-0.2, 0) is 0 Å². The number of pyridine rings is 1. The van der Waals surface area contributed by atoms with E-state index >= 15 is 4.39 Å². The van der Waals surface area contributed by atoms with Crippen molar-refractivity contribution in [1.29, 1.82) is 0 Å². The molecule has 200 valence electrons. The fourth-order valence-electron chi connectivity index (χ4n) is 5.24. The normalized spacial score (nSPS) is 14.9. The van der Waals surface area contributed by atoms with Gasteiger partial charge in [0.25, 0.3) is 11.8 Å². The maximum atomic E-state index is 16.4. The number of methoxy groups -OCH3 is 1. The zero-order valence-corrected chi connectivity index (χ0v) is 21.9. The smallest absolute Gasteiger partial charge is 0.258 e. The van der Waals surface area contributed by atoms with E-state index in [1.165, 1.54) is 42.9 Å². The van der Waals surface area contributed by atoms with Gasteiger partial charge in [0.2, 0.25) is 0 Å². The van der Waals surface area contributed by atoms with Crippen molar-refractivity contribution >= 4 is 17.3 Å². The van der Waals surface area contributed by atoms with Crippen LogP contribution in [0, 0.1) is 18.6 Å². The minimum Gasteiger partial charge on any atom is -0.496 e. The fraction of sp³-hybridized carbons (Fsp3) is 0.300.